The Balaban J connectivity index is 0.00000683. The Labute approximate surface area is 365 Å². The summed E-state index contributed by atoms with van der Waals surface area (Å²) < 4.78 is 33.9. The molecule has 20 nitrogen and oxygen atoms in total. The Kier molecular flexibility index (Phi) is 15.5. The van der Waals surface area contributed by atoms with Crippen LogP contribution >= 0.6 is 0 Å². The van der Waals surface area contributed by atoms with Crippen LogP contribution in [0.2, 0.25) is 0 Å². The van der Waals surface area contributed by atoms with Crippen LogP contribution in [0.5, 0.6) is 17.2 Å². The maximum absolute atomic E-state index is 14.1. The number of aliphatic hydroxyl groups excluding tert-OH is 5. The van der Waals surface area contributed by atoms with Gasteiger partial charge in [-0.15, -0.1) is 0 Å². The van der Waals surface area contributed by atoms with Crippen LogP contribution in [0.4, 0.5) is 0 Å². The van der Waals surface area contributed by atoms with Crippen molar-refractivity contribution in [2.24, 2.45) is 0 Å². The average Bonchev–Trinajstić information content (AvgIpc) is 3.20. The number of ketones is 3. The first kappa shape index (κ1) is 47.9. The second-order valence-corrected chi connectivity index (χ2v) is 14.9. The van der Waals surface area contributed by atoms with Crippen LogP contribution in [-0.2, 0) is 39.7 Å². The van der Waals surface area contributed by atoms with E-state index in [4.69, 9.17) is 28.4 Å². The Hall–Kier alpha value is -3.16. The third-order valence-electron chi connectivity index (χ3n) is 11.2. The van der Waals surface area contributed by atoms with Gasteiger partial charge < -0.3 is 79.7 Å². The summed E-state index contributed by atoms with van der Waals surface area (Å²) in [6, 6.07) is 3.50. The van der Waals surface area contributed by atoms with Crippen LogP contribution in [-0.4, -0.2) is 158 Å². The monoisotopic (exact) mass is 857 g/mol. The number of Topliss-reactive ketones (excluding diaryl/α,β-unsaturated/α-hetero) is 1. The van der Waals surface area contributed by atoms with Gasteiger partial charge in [0.2, 0.25) is 5.78 Å². The molecule has 0 amide bonds. The van der Waals surface area contributed by atoms with E-state index < -0.39 is 139 Å². The van der Waals surface area contributed by atoms with E-state index in [2.05, 4.69) is 5.32 Å². The fourth-order valence-corrected chi connectivity index (χ4v) is 8.15. The van der Waals surface area contributed by atoms with Crippen molar-refractivity contribution in [3.63, 3.8) is 0 Å². The molecule has 2 saturated heterocycles. The summed E-state index contributed by atoms with van der Waals surface area (Å²) in [6.45, 7) is 2.46. The van der Waals surface area contributed by atoms with Gasteiger partial charge >= 0.3 is 35.5 Å². The van der Waals surface area contributed by atoms with Crippen molar-refractivity contribution < 1.29 is 123 Å². The molecule has 2 aromatic rings. The Bertz CT molecular complexity index is 1950. The number of carboxylic acid groups (broad SMARTS) is 1. The molecule has 2 heterocycles. The van der Waals surface area contributed by atoms with Crippen LogP contribution in [0.25, 0.3) is 0 Å². The van der Waals surface area contributed by atoms with E-state index in [1.807, 2.05) is 0 Å². The quantitative estimate of drug-likeness (QED) is 0.0393. The molecule has 324 valence electrons. The Morgan fingerprint density at radius 1 is 1.03 bits per heavy atom. The molecular weight excluding hydrogens is 809 g/mol. The maximum atomic E-state index is 14.1. The number of carbonyl (C=O) groups is 4. The topological polar surface area (TPSA) is 321 Å². The van der Waals surface area contributed by atoms with Crippen LogP contribution in [0, 0.1) is 0 Å². The molecule has 0 radical (unpaired) electrons. The smallest absolute Gasteiger partial charge is 0.872 e. The predicted molar refractivity (Wildman–Crippen MR) is 193 cm³/mol. The van der Waals surface area contributed by atoms with E-state index in [1.54, 1.807) is 13.8 Å². The zero-order valence-electron chi connectivity index (χ0n) is 33.3. The molecule has 60 heavy (non-hydrogen) atoms. The Morgan fingerprint density at radius 3 is 2.40 bits per heavy atom. The first-order valence-corrected chi connectivity index (χ1v) is 19.1. The van der Waals surface area contributed by atoms with Gasteiger partial charge in [-0.3, -0.25) is 14.4 Å². The van der Waals surface area contributed by atoms with Crippen molar-refractivity contribution >= 4 is 23.3 Å². The molecule has 2 aliphatic heterocycles. The van der Waals surface area contributed by atoms with Gasteiger partial charge in [0.25, 0.3) is 0 Å². The van der Waals surface area contributed by atoms with Gasteiger partial charge in [-0.2, -0.15) is 0 Å². The van der Waals surface area contributed by atoms with Crippen LogP contribution in [0.1, 0.15) is 88.6 Å². The van der Waals surface area contributed by atoms with E-state index in [0.717, 1.165) is 0 Å². The number of hydrogen-bond acceptors (Lipinski definition) is 19. The van der Waals surface area contributed by atoms with Crippen molar-refractivity contribution in [3.8, 4) is 17.2 Å². The molecule has 12 atom stereocenters. The number of aliphatic hydroxyl groups is 6. The number of aliphatic carboxylic acids is 1. The van der Waals surface area contributed by atoms with Crippen molar-refractivity contribution in [1.82, 2.24) is 5.32 Å². The van der Waals surface area contributed by atoms with Gasteiger partial charge in [0.1, 0.15) is 42.0 Å². The molecule has 4 aliphatic rings. The minimum absolute atomic E-state index is 0. The number of methoxy groups -OCH3 is 1. The maximum Gasteiger partial charge on any atom is 1.00 e. The molecule has 9 N–H and O–H groups in total. The number of phenols is 1. The number of rotatable bonds is 15. The largest absolute Gasteiger partial charge is 1.00 e. The van der Waals surface area contributed by atoms with Gasteiger partial charge in [-0.1, -0.05) is 17.9 Å². The molecule has 0 aromatic heterocycles. The molecule has 6 rings (SSSR count). The fraction of sp³-hybridized carbons (Fsp3) is 0.590. The molecule has 3 unspecified atom stereocenters. The zero-order valence-corrected chi connectivity index (χ0v) is 35.3. The van der Waals surface area contributed by atoms with Gasteiger partial charge in [-0.25, -0.2) is 4.79 Å². The van der Waals surface area contributed by atoms with E-state index in [9.17, 15) is 65.1 Å². The van der Waals surface area contributed by atoms with E-state index in [0.29, 0.717) is 6.42 Å². The van der Waals surface area contributed by atoms with E-state index >= 15 is 0 Å². The summed E-state index contributed by atoms with van der Waals surface area (Å²) in [4.78, 5) is 52.1. The van der Waals surface area contributed by atoms with Crippen LogP contribution < -0.4 is 44.7 Å². The van der Waals surface area contributed by atoms with Crippen molar-refractivity contribution in [2.75, 3.05) is 26.9 Å². The first-order chi connectivity index (χ1) is 28.0. The SMILES string of the molecule is CCOC(CCCN[C@H]1C[C@H](OC2CC(O)(C(=O)CO)Cc3c([O-])c4c(c(O)c32)C(=O)c2c(OC)cccc2C4=O)O[C@@H](C)[C@H]1O)O[C@@H]1O[C@H](C(=O)O)[C@@H](O)[C@H](O)[C@H]1O.[Na+]. The van der Waals surface area contributed by atoms with Gasteiger partial charge in [-0.05, 0) is 44.9 Å². The van der Waals surface area contributed by atoms with E-state index in [1.165, 1.54) is 25.3 Å². The van der Waals surface area contributed by atoms with Gasteiger partial charge in [0.05, 0.1) is 36.5 Å². The summed E-state index contributed by atoms with van der Waals surface area (Å²) in [5.41, 5.74) is -4.56. The van der Waals surface area contributed by atoms with E-state index in [-0.39, 0.29) is 83.6 Å². The number of aromatic hydroxyl groups is 1. The molecular formula is C39H48NNaO19. The number of carboxylic acids is 1. The molecule has 0 spiro atoms. The third-order valence-corrected chi connectivity index (χ3v) is 11.2. The first-order valence-electron chi connectivity index (χ1n) is 19.1. The molecule has 0 bridgehead atoms. The van der Waals surface area contributed by atoms with Crippen LogP contribution in [0.15, 0.2) is 18.2 Å². The summed E-state index contributed by atoms with van der Waals surface area (Å²) in [7, 11) is 1.28. The summed E-state index contributed by atoms with van der Waals surface area (Å²) in [5.74, 6) is -6.15. The molecule has 2 aliphatic carbocycles. The number of fused-ring (bicyclic) bond motifs is 3. The van der Waals surface area contributed by atoms with Crippen molar-refractivity contribution in [2.45, 2.75) is 119 Å². The molecule has 0 saturated carbocycles. The number of ether oxygens (including phenoxy) is 6. The summed E-state index contributed by atoms with van der Waals surface area (Å²) in [5, 5.41) is 101. The average molecular weight is 858 g/mol. The molecule has 2 fully saturated rings. The normalized spacial score (nSPS) is 31.6. The number of nitrogens with one attached hydrogen (secondary N) is 1. The fourth-order valence-electron chi connectivity index (χ4n) is 8.15. The predicted octanol–water partition coefficient (Wildman–Crippen LogP) is -4.94. The van der Waals surface area contributed by atoms with Gasteiger partial charge in [0, 0.05) is 48.6 Å². The number of benzene rings is 2. The summed E-state index contributed by atoms with van der Waals surface area (Å²) in [6.07, 6.45) is -15.7. The minimum atomic E-state index is -2.39. The summed E-state index contributed by atoms with van der Waals surface area (Å²) >= 11 is 0. The number of carbonyl (C=O) groups excluding carboxylic acids is 3. The zero-order chi connectivity index (χ0) is 43.1. The Morgan fingerprint density at radius 2 is 1.75 bits per heavy atom. The second-order valence-electron chi connectivity index (χ2n) is 14.9. The molecule has 21 heteroatoms. The minimum Gasteiger partial charge on any atom is -0.872 e. The number of phenolic OH excluding ortho intramolecular Hbond substituents is 1. The number of hydrogen-bond donors (Lipinski definition) is 9. The third kappa shape index (κ3) is 9.01. The standard InChI is InChI=1S/C39H49NO19.Na/c1-4-55-22(58-38-35(50)33(48)34(49)36(59-38)37(51)52)9-6-10-40-18-11-23(56-15(2)28(18)43)57-20-13-39(53,21(42)14-41)12-17-25(20)32(47)27-26(30(17)45)29(44)16-7-5-8-19(54-3)24(16)31(27)46;/h5,7-8,15,18,20,22-23,28,33-36,38,40-41,43,45,47-50,53H,4,6,9-14H2,1-3H3,(H,51,52);/q;+1/p-1/t15-,18-,20?,22?,23-,28+,33-,34-,35+,36-,38+,39?;/m0./s1. The van der Waals surface area contributed by atoms with Crippen LogP contribution in [0.3, 0.4) is 0 Å². The van der Waals surface area contributed by atoms with Crippen molar-refractivity contribution in [3.05, 3.63) is 51.6 Å². The van der Waals surface area contributed by atoms with Crippen molar-refractivity contribution in [1.29, 1.82) is 0 Å². The second kappa shape index (κ2) is 19.5. The van der Waals surface area contributed by atoms with Gasteiger partial charge in [0.15, 0.2) is 36.5 Å². The molecule has 2 aromatic carbocycles.